The van der Waals surface area contributed by atoms with Crippen molar-refractivity contribution in [3.05, 3.63) is 126 Å². The molecule has 1 heterocycles. The molecule has 60 heavy (non-hydrogen) atoms. The summed E-state index contributed by atoms with van der Waals surface area (Å²) in [4.78, 5) is 10.2. The molecule has 3 nitrogen and oxygen atoms in total. The first kappa shape index (κ1) is 41.2. The standard InChI is InChI=1S/C45H42B11N3S/c46-31-26(27-30-32(47)28(29-33(48)37(52)39(54)38(53)34(29)49)35(50)40(55)43(30)60-42(27)41(56)36(31)51)19-58-45(25-17-13-23(14-18-25)21-9-5-2-6-10-21)59-44(57)24-15-11-22(12-16-24)20-7-3-1-4-8-20/h1-19,57H,46-56H2/b57-44?,58-19+,59-45-. The zero-order valence-corrected chi connectivity index (χ0v) is 37.6. The van der Waals surface area contributed by atoms with Gasteiger partial charge in [-0.15, -0.1) is 27.7 Å². The van der Waals surface area contributed by atoms with Crippen LogP contribution in [0.4, 0.5) is 0 Å². The van der Waals surface area contributed by atoms with E-state index in [9.17, 15) is 5.41 Å². The van der Waals surface area contributed by atoms with E-state index in [1.807, 2.05) is 53.9 Å². The average molecular weight is 776 g/mol. The van der Waals surface area contributed by atoms with Crippen molar-refractivity contribution in [1.82, 2.24) is 0 Å². The molecule has 1 aromatic heterocycles. The lowest BCUT2D eigenvalue weighted by atomic mass is 9.57. The van der Waals surface area contributed by atoms with Crippen molar-refractivity contribution in [2.45, 2.75) is 0 Å². The molecule has 0 aliphatic carbocycles. The molecule has 8 rings (SSSR count). The van der Waals surface area contributed by atoms with Crippen molar-refractivity contribution >= 4 is 196 Å². The number of fused-ring (bicyclic) bond motifs is 3. The summed E-state index contributed by atoms with van der Waals surface area (Å²) < 4.78 is 2.65. The molecule has 276 valence electrons. The van der Waals surface area contributed by atoms with E-state index in [4.69, 9.17) is 9.98 Å². The van der Waals surface area contributed by atoms with Gasteiger partial charge in [0.1, 0.15) is 86.3 Å². The lowest BCUT2D eigenvalue weighted by Gasteiger charge is -2.25. The number of thiophene rings is 1. The number of nitrogens with zero attached hydrogens (tertiary/aromatic N) is 2. The fourth-order valence-corrected chi connectivity index (χ4v) is 10.4. The maximum absolute atomic E-state index is 9.26. The van der Waals surface area contributed by atoms with E-state index in [1.165, 1.54) is 91.4 Å². The molecule has 0 bridgehead atoms. The molecular formula is C45H42B11N3S. The van der Waals surface area contributed by atoms with Gasteiger partial charge in [0.2, 0.25) is 0 Å². The predicted octanol–water partition coefficient (Wildman–Crippen LogP) is -7.21. The van der Waals surface area contributed by atoms with Gasteiger partial charge in [-0.05, 0) is 44.3 Å². The van der Waals surface area contributed by atoms with E-state index >= 15 is 0 Å². The first-order chi connectivity index (χ1) is 28.8. The topological polar surface area (TPSA) is 48.6 Å². The van der Waals surface area contributed by atoms with Crippen LogP contribution in [0.2, 0.25) is 0 Å². The van der Waals surface area contributed by atoms with Crippen molar-refractivity contribution in [2.24, 2.45) is 9.98 Å². The van der Waals surface area contributed by atoms with E-state index < -0.39 is 0 Å². The molecule has 0 aliphatic heterocycles. The van der Waals surface area contributed by atoms with E-state index in [2.05, 4.69) is 159 Å². The highest BCUT2D eigenvalue weighted by molar-refractivity contribution is 7.28. The largest absolute Gasteiger partial charge is 0.282 e. The molecule has 0 aliphatic rings. The van der Waals surface area contributed by atoms with Crippen LogP contribution in [-0.4, -0.2) is 104 Å². The Hall–Kier alpha value is -5.52. The number of hydrogen-bond acceptors (Lipinski definition) is 2. The summed E-state index contributed by atoms with van der Waals surface area (Å²) in [6.07, 6.45) is 2.02. The summed E-state index contributed by atoms with van der Waals surface area (Å²) in [6.45, 7) is 0. The lowest BCUT2D eigenvalue weighted by molar-refractivity contribution is 1.40. The third kappa shape index (κ3) is 7.15. The number of nitrogens with one attached hydrogen (secondary N) is 1. The Balaban J connectivity index is 1.33. The first-order valence-electron chi connectivity index (χ1n) is 20.8. The molecule has 1 N–H and O–H groups in total. The number of aliphatic imine (C=N–C) groups is 2. The summed E-state index contributed by atoms with van der Waals surface area (Å²) in [7, 11) is 25.1. The van der Waals surface area contributed by atoms with Crippen molar-refractivity contribution in [3.63, 3.8) is 0 Å². The van der Waals surface area contributed by atoms with Crippen molar-refractivity contribution in [1.29, 1.82) is 5.41 Å². The van der Waals surface area contributed by atoms with Gasteiger partial charge in [-0.3, -0.25) is 5.41 Å². The SMILES string of the molecule is Bc1c(B)c(B)c(-c2c(B)c(B)c3sc4c(B)c(B)c(B)c(/C=N/C(=N\C(=N)c5ccc(-c6ccccc6)cc5)c5ccc(-c6ccccc6)cc5)c4c3c2B)c(B)c1B. The molecule has 0 fully saturated rings. The Morgan fingerprint density at radius 3 is 1.35 bits per heavy atom. The number of benzene rings is 7. The molecule has 0 amide bonds. The van der Waals surface area contributed by atoms with Gasteiger partial charge < -0.3 is 0 Å². The summed E-state index contributed by atoms with van der Waals surface area (Å²) in [5.41, 5.74) is 24.6. The lowest BCUT2D eigenvalue weighted by Crippen LogP contribution is -2.56. The van der Waals surface area contributed by atoms with E-state index in [-0.39, 0.29) is 5.84 Å². The van der Waals surface area contributed by atoms with E-state index in [0.717, 1.165) is 38.9 Å². The van der Waals surface area contributed by atoms with Crippen LogP contribution in [0.3, 0.4) is 0 Å². The number of hydrogen-bond donors (Lipinski definition) is 1. The van der Waals surface area contributed by atoms with Crippen LogP contribution >= 0.6 is 11.3 Å². The molecule has 8 aromatic rings. The maximum Gasteiger partial charge on any atom is 0.161 e. The third-order valence-corrected chi connectivity index (χ3v) is 14.8. The Bertz CT molecular complexity index is 3060. The minimum absolute atomic E-state index is 0.165. The second-order valence-corrected chi connectivity index (χ2v) is 17.5. The third-order valence-electron chi connectivity index (χ3n) is 13.4. The fraction of sp³-hybridized carbons (Fsp3) is 0. The second-order valence-electron chi connectivity index (χ2n) is 16.5. The van der Waals surface area contributed by atoms with Crippen molar-refractivity contribution in [2.75, 3.05) is 0 Å². The highest BCUT2D eigenvalue weighted by Crippen LogP contribution is 2.33. The van der Waals surface area contributed by atoms with Crippen LogP contribution in [0, 0.1) is 5.41 Å². The van der Waals surface area contributed by atoms with Gasteiger partial charge in [-0.1, -0.05) is 153 Å². The van der Waals surface area contributed by atoms with Gasteiger partial charge >= 0.3 is 0 Å². The Labute approximate surface area is 368 Å². The molecular weight excluding hydrogens is 734 g/mol. The number of amidine groups is 2. The van der Waals surface area contributed by atoms with Crippen LogP contribution in [0.25, 0.3) is 53.6 Å². The van der Waals surface area contributed by atoms with Crippen LogP contribution < -0.4 is 60.1 Å². The van der Waals surface area contributed by atoms with Crippen molar-refractivity contribution < 1.29 is 0 Å². The molecule has 0 spiro atoms. The Morgan fingerprint density at radius 1 is 0.417 bits per heavy atom. The summed E-state index contributed by atoms with van der Waals surface area (Å²) in [6, 6.07) is 37.2. The van der Waals surface area contributed by atoms with Gasteiger partial charge in [0, 0.05) is 32.1 Å². The highest BCUT2D eigenvalue weighted by atomic mass is 32.1. The smallest absolute Gasteiger partial charge is 0.161 e. The summed E-state index contributed by atoms with van der Waals surface area (Å²) in [5.74, 6) is 0.663. The summed E-state index contributed by atoms with van der Waals surface area (Å²) >= 11 is 1.91. The average Bonchev–Trinajstić information content (AvgIpc) is 3.68. The van der Waals surface area contributed by atoms with Crippen LogP contribution in [0.5, 0.6) is 0 Å². The van der Waals surface area contributed by atoms with Gasteiger partial charge in [0.15, 0.2) is 11.7 Å². The van der Waals surface area contributed by atoms with Crippen molar-refractivity contribution in [3.8, 4) is 33.4 Å². The Morgan fingerprint density at radius 2 is 0.817 bits per heavy atom. The minimum atomic E-state index is 0.165. The van der Waals surface area contributed by atoms with Gasteiger partial charge in [-0.25, -0.2) is 9.98 Å². The summed E-state index contributed by atoms with van der Waals surface area (Å²) in [5, 5.41) is 11.8. The van der Waals surface area contributed by atoms with Gasteiger partial charge in [0.25, 0.3) is 0 Å². The van der Waals surface area contributed by atoms with E-state index in [0.29, 0.717) is 5.84 Å². The highest BCUT2D eigenvalue weighted by Gasteiger charge is 2.24. The van der Waals surface area contributed by atoms with Crippen LogP contribution in [0.1, 0.15) is 16.7 Å². The molecule has 0 saturated carbocycles. The van der Waals surface area contributed by atoms with Crippen LogP contribution in [-0.2, 0) is 0 Å². The minimum Gasteiger partial charge on any atom is -0.282 e. The van der Waals surface area contributed by atoms with Gasteiger partial charge in [-0.2, -0.15) is 0 Å². The molecule has 0 radical (unpaired) electrons. The zero-order chi connectivity index (χ0) is 42.6. The van der Waals surface area contributed by atoms with Gasteiger partial charge in [0.05, 0.1) is 0 Å². The zero-order valence-electron chi connectivity index (χ0n) is 36.8. The molecule has 0 unspecified atom stereocenters. The first-order valence-corrected chi connectivity index (χ1v) is 21.7. The molecule has 15 heteroatoms. The molecule has 0 atom stereocenters. The predicted molar refractivity (Wildman–Crippen MR) is 299 cm³/mol. The Kier molecular flexibility index (Phi) is 11.3. The fourth-order valence-electron chi connectivity index (χ4n) is 8.95. The van der Waals surface area contributed by atoms with E-state index in [1.54, 1.807) is 0 Å². The number of rotatable bonds is 6. The molecule has 7 aromatic carbocycles. The normalized spacial score (nSPS) is 11.8. The monoisotopic (exact) mass is 777 g/mol. The van der Waals surface area contributed by atoms with Crippen LogP contribution in [0.15, 0.2) is 119 Å². The second kappa shape index (κ2) is 16.5. The molecule has 0 saturated heterocycles. The maximum atomic E-state index is 9.26. The quantitative estimate of drug-likeness (QED) is 0.0994.